The summed E-state index contributed by atoms with van der Waals surface area (Å²) in [5.74, 6) is 2.56. The van der Waals surface area contributed by atoms with Crippen LogP contribution in [-0.2, 0) is 14.3 Å². The summed E-state index contributed by atoms with van der Waals surface area (Å²) in [5, 5.41) is 0. The molecule has 0 bridgehead atoms. The Kier molecular flexibility index (Phi) is 2.63. The summed E-state index contributed by atoms with van der Waals surface area (Å²) in [7, 11) is 0. The van der Waals surface area contributed by atoms with Crippen molar-refractivity contribution in [3.05, 3.63) is 35.5 Å². The van der Waals surface area contributed by atoms with Crippen LogP contribution in [0.15, 0.2) is 35.5 Å². The van der Waals surface area contributed by atoms with Gasteiger partial charge in [-0.15, -0.1) is 0 Å². The van der Waals surface area contributed by atoms with E-state index in [1.54, 1.807) is 0 Å². The van der Waals surface area contributed by atoms with Gasteiger partial charge in [0.2, 0.25) is 0 Å². The summed E-state index contributed by atoms with van der Waals surface area (Å²) >= 11 is 0. The van der Waals surface area contributed by atoms with Crippen LogP contribution in [0.5, 0.6) is 0 Å². The first-order valence-electron chi connectivity index (χ1n) is 10.2. The summed E-state index contributed by atoms with van der Waals surface area (Å²) in [6.07, 6.45) is 14.3. The topological polar surface area (TPSA) is 43.4 Å². The first-order valence-corrected chi connectivity index (χ1v) is 10.2. The zero-order valence-corrected chi connectivity index (χ0v) is 15.6. The van der Waals surface area contributed by atoms with Gasteiger partial charge in [0.25, 0.3) is 0 Å². The molecule has 7 unspecified atom stereocenters. The highest BCUT2D eigenvalue weighted by Crippen LogP contribution is 2.77. The molecule has 3 fully saturated rings. The molecular weight excluding hydrogens is 324 g/mol. The van der Waals surface area contributed by atoms with Crippen molar-refractivity contribution < 1.29 is 14.3 Å². The van der Waals surface area contributed by atoms with E-state index >= 15 is 0 Å². The number of fused-ring (bicyclic) bond motifs is 9. The molecule has 0 N–H and O–H groups in total. The van der Waals surface area contributed by atoms with E-state index in [0.717, 1.165) is 19.3 Å². The minimum absolute atomic E-state index is 0.00876. The normalized spacial score (nSPS) is 53.3. The quantitative estimate of drug-likeness (QED) is 0.487. The molecule has 26 heavy (non-hydrogen) atoms. The molecule has 3 heteroatoms. The number of carbonyl (C=O) groups is 2. The fraction of sp³-hybridized carbons (Fsp3) is 0.652. The number of hydrogen-bond acceptors (Lipinski definition) is 3. The maximum absolute atomic E-state index is 12.0. The molecule has 1 heterocycles. The molecule has 0 aromatic heterocycles. The molecular formula is C23H26O3. The van der Waals surface area contributed by atoms with E-state index < -0.39 is 0 Å². The number of ketones is 1. The number of allylic oxidation sites excluding steroid dienone is 6. The Morgan fingerprint density at radius 2 is 2.00 bits per heavy atom. The summed E-state index contributed by atoms with van der Waals surface area (Å²) in [6.45, 7) is 4.72. The van der Waals surface area contributed by atoms with Gasteiger partial charge in [-0.25, -0.2) is 0 Å². The fourth-order valence-corrected chi connectivity index (χ4v) is 7.69. The number of rotatable bonds is 0. The van der Waals surface area contributed by atoms with Crippen LogP contribution in [0.25, 0.3) is 0 Å². The smallest absolute Gasteiger partial charge is 0.306 e. The van der Waals surface area contributed by atoms with Gasteiger partial charge in [0.05, 0.1) is 0 Å². The Balaban J connectivity index is 1.48. The van der Waals surface area contributed by atoms with Crippen LogP contribution in [-0.4, -0.2) is 17.4 Å². The Labute approximate surface area is 154 Å². The molecule has 2 saturated carbocycles. The van der Waals surface area contributed by atoms with Gasteiger partial charge in [0.1, 0.15) is 5.60 Å². The van der Waals surface area contributed by atoms with Gasteiger partial charge in [-0.05, 0) is 49.2 Å². The average Bonchev–Trinajstić information content (AvgIpc) is 3.24. The molecule has 1 spiro atoms. The molecule has 6 aliphatic rings. The Morgan fingerprint density at radius 3 is 2.77 bits per heavy atom. The lowest BCUT2D eigenvalue weighted by Gasteiger charge is -2.54. The largest absolute Gasteiger partial charge is 0.458 e. The third-order valence-corrected chi connectivity index (χ3v) is 9.04. The second-order valence-electron chi connectivity index (χ2n) is 9.96. The molecule has 1 aliphatic heterocycles. The number of esters is 1. The molecule has 6 rings (SSSR count). The molecule has 1 saturated heterocycles. The first kappa shape index (κ1) is 15.4. The summed E-state index contributed by atoms with van der Waals surface area (Å²) < 4.78 is 6.11. The van der Waals surface area contributed by atoms with Crippen molar-refractivity contribution in [1.29, 1.82) is 0 Å². The van der Waals surface area contributed by atoms with Crippen LogP contribution in [0.1, 0.15) is 52.4 Å². The van der Waals surface area contributed by atoms with Crippen LogP contribution in [0.4, 0.5) is 0 Å². The standard InChI is InChI=1S/C23H26O3/c1-21-8-5-14(24)11-13(21)3-4-15-17(21)6-9-22(2)20(15)16-12-18(16)23(22)10-7-19(25)26-23/h3-4,6,11,15-16,18,20H,5,7-10,12H2,1-2H3. The average molecular weight is 350 g/mol. The zero-order chi connectivity index (χ0) is 17.9. The van der Waals surface area contributed by atoms with Gasteiger partial charge < -0.3 is 4.74 Å². The fourth-order valence-electron chi connectivity index (χ4n) is 7.69. The van der Waals surface area contributed by atoms with Crippen LogP contribution in [0.2, 0.25) is 0 Å². The minimum atomic E-state index is -0.213. The van der Waals surface area contributed by atoms with Crippen LogP contribution in [0, 0.1) is 34.5 Å². The van der Waals surface area contributed by atoms with Crippen molar-refractivity contribution in [3.8, 4) is 0 Å². The van der Waals surface area contributed by atoms with E-state index in [1.807, 2.05) is 6.08 Å². The first-order chi connectivity index (χ1) is 12.4. The molecule has 0 aromatic rings. The lowest BCUT2D eigenvalue weighted by Crippen LogP contribution is -2.52. The Morgan fingerprint density at radius 1 is 1.15 bits per heavy atom. The number of ether oxygens (including phenoxy) is 1. The van der Waals surface area contributed by atoms with Gasteiger partial charge in [0.15, 0.2) is 5.78 Å². The van der Waals surface area contributed by atoms with E-state index in [4.69, 9.17) is 4.74 Å². The predicted molar refractivity (Wildman–Crippen MR) is 97.0 cm³/mol. The second-order valence-corrected chi connectivity index (χ2v) is 9.96. The molecule has 0 aromatic carbocycles. The van der Waals surface area contributed by atoms with E-state index in [9.17, 15) is 9.59 Å². The monoisotopic (exact) mass is 350 g/mol. The van der Waals surface area contributed by atoms with Crippen molar-refractivity contribution in [3.63, 3.8) is 0 Å². The van der Waals surface area contributed by atoms with Gasteiger partial charge in [-0.2, -0.15) is 0 Å². The van der Waals surface area contributed by atoms with Gasteiger partial charge in [-0.1, -0.05) is 37.6 Å². The predicted octanol–water partition coefficient (Wildman–Crippen LogP) is 4.15. The lowest BCUT2D eigenvalue weighted by molar-refractivity contribution is -0.165. The number of carbonyl (C=O) groups excluding carboxylic acids is 2. The van der Waals surface area contributed by atoms with Crippen molar-refractivity contribution in [2.75, 3.05) is 0 Å². The van der Waals surface area contributed by atoms with Gasteiger partial charge in [0, 0.05) is 35.5 Å². The van der Waals surface area contributed by atoms with E-state index in [-0.39, 0.29) is 28.2 Å². The second kappa shape index (κ2) is 4.43. The SMILES string of the molecule is CC12CCC(=O)C=C1C=CC1C2=CCC2(C)C1C1CC1C21CCC(=O)O1. The molecule has 3 nitrogen and oxygen atoms in total. The third-order valence-electron chi connectivity index (χ3n) is 9.04. The third kappa shape index (κ3) is 1.54. The van der Waals surface area contributed by atoms with E-state index in [0.29, 0.717) is 36.5 Å². The highest BCUT2D eigenvalue weighted by molar-refractivity contribution is 5.92. The highest BCUT2D eigenvalue weighted by atomic mass is 16.6. The highest BCUT2D eigenvalue weighted by Gasteiger charge is 2.78. The van der Waals surface area contributed by atoms with Crippen LogP contribution < -0.4 is 0 Å². The zero-order valence-electron chi connectivity index (χ0n) is 15.6. The van der Waals surface area contributed by atoms with Crippen molar-refractivity contribution in [2.24, 2.45) is 34.5 Å². The molecule has 0 amide bonds. The van der Waals surface area contributed by atoms with Crippen LogP contribution >= 0.6 is 0 Å². The van der Waals surface area contributed by atoms with Gasteiger partial charge in [-0.3, -0.25) is 9.59 Å². The summed E-state index contributed by atoms with van der Waals surface area (Å²) in [6, 6.07) is 0. The Bertz CT molecular complexity index is 848. The molecule has 136 valence electrons. The van der Waals surface area contributed by atoms with Crippen molar-refractivity contribution >= 4 is 11.8 Å². The number of hydrogen-bond donors (Lipinski definition) is 0. The summed E-state index contributed by atoms with van der Waals surface area (Å²) in [4.78, 5) is 24.0. The lowest BCUT2D eigenvalue weighted by atomic mass is 9.51. The van der Waals surface area contributed by atoms with Crippen molar-refractivity contribution in [2.45, 2.75) is 58.0 Å². The van der Waals surface area contributed by atoms with Crippen LogP contribution in [0.3, 0.4) is 0 Å². The molecule has 5 aliphatic carbocycles. The molecule has 7 atom stereocenters. The maximum atomic E-state index is 12.0. The van der Waals surface area contributed by atoms with Gasteiger partial charge >= 0.3 is 5.97 Å². The maximum Gasteiger partial charge on any atom is 0.306 e. The van der Waals surface area contributed by atoms with E-state index in [1.165, 1.54) is 17.6 Å². The molecule has 0 radical (unpaired) electrons. The summed E-state index contributed by atoms with van der Waals surface area (Å²) in [5.41, 5.74) is 2.60. The van der Waals surface area contributed by atoms with Crippen molar-refractivity contribution in [1.82, 2.24) is 0 Å². The minimum Gasteiger partial charge on any atom is -0.458 e. The Hall–Kier alpha value is -1.64. The van der Waals surface area contributed by atoms with E-state index in [2.05, 4.69) is 32.1 Å².